The summed E-state index contributed by atoms with van der Waals surface area (Å²) in [6.45, 7) is 1.96. The highest BCUT2D eigenvalue weighted by molar-refractivity contribution is 5.01. The zero-order valence-corrected chi connectivity index (χ0v) is 5.70. The molecule has 10 heavy (non-hydrogen) atoms. The predicted molar refractivity (Wildman–Crippen MR) is 35.0 cm³/mol. The van der Waals surface area contributed by atoms with E-state index in [0.29, 0.717) is 6.42 Å². The van der Waals surface area contributed by atoms with Gasteiger partial charge in [0.05, 0.1) is 18.0 Å². The molecule has 0 fully saturated rings. The zero-order chi connectivity index (χ0) is 7.40. The van der Waals surface area contributed by atoms with Crippen LogP contribution in [0.3, 0.4) is 0 Å². The summed E-state index contributed by atoms with van der Waals surface area (Å²) in [5.74, 6) is 0.208. The maximum absolute atomic E-state index is 8.33. The van der Waals surface area contributed by atoms with Crippen molar-refractivity contribution >= 4 is 0 Å². The fourth-order valence-corrected chi connectivity index (χ4v) is 0.691. The molecule has 0 amide bonds. The van der Waals surface area contributed by atoms with Crippen LogP contribution in [0.4, 0.5) is 0 Å². The van der Waals surface area contributed by atoms with E-state index in [1.165, 1.54) is 0 Å². The van der Waals surface area contributed by atoms with Crippen molar-refractivity contribution in [1.29, 1.82) is 5.26 Å². The van der Waals surface area contributed by atoms with Crippen molar-refractivity contribution in [2.45, 2.75) is 19.3 Å². The molecule has 0 aliphatic carbocycles. The van der Waals surface area contributed by atoms with E-state index in [1.807, 2.05) is 6.92 Å². The van der Waals surface area contributed by atoms with E-state index >= 15 is 0 Å². The summed E-state index contributed by atoms with van der Waals surface area (Å²) in [6, 6.07) is 2.08. The molecule has 0 aliphatic heterocycles. The number of rotatable bonds is 2. The Morgan fingerprint density at radius 1 is 1.90 bits per heavy atom. The van der Waals surface area contributed by atoms with Crippen LogP contribution in [0.15, 0.2) is 6.20 Å². The third-order valence-electron chi connectivity index (χ3n) is 1.36. The molecule has 0 unspecified atom stereocenters. The van der Waals surface area contributed by atoms with E-state index < -0.39 is 0 Å². The summed E-state index contributed by atoms with van der Waals surface area (Å²) in [4.78, 5) is 0. The Hall–Kier alpha value is -1.37. The summed E-state index contributed by atoms with van der Waals surface area (Å²) >= 11 is 0. The third-order valence-corrected chi connectivity index (χ3v) is 1.36. The molecule has 1 aromatic rings. The van der Waals surface area contributed by atoms with Gasteiger partial charge in [-0.3, -0.25) is 5.10 Å². The van der Waals surface area contributed by atoms with Crippen molar-refractivity contribution in [3.63, 3.8) is 0 Å². The van der Waals surface area contributed by atoms with Crippen LogP contribution in [0, 0.1) is 11.3 Å². The second kappa shape index (κ2) is 2.97. The van der Waals surface area contributed by atoms with Gasteiger partial charge in [0.2, 0.25) is 0 Å². The first-order chi connectivity index (χ1) is 4.84. The van der Waals surface area contributed by atoms with Gasteiger partial charge < -0.3 is 0 Å². The van der Waals surface area contributed by atoms with Crippen LogP contribution in [-0.2, 0) is 0 Å². The smallest absolute Gasteiger partial charge is 0.0725 e. The number of aromatic nitrogens is 3. The van der Waals surface area contributed by atoms with Gasteiger partial charge in [0.25, 0.3) is 0 Å². The second-order valence-electron chi connectivity index (χ2n) is 2.18. The Kier molecular flexibility index (Phi) is 2.00. The molecule has 0 aromatic carbocycles. The molecule has 0 radical (unpaired) electrons. The number of nitrogens with one attached hydrogen (secondary N) is 1. The minimum Gasteiger partial charge on any atom is -0.262 e. The highest BCUT2D eigenvalue weighted by Gasteiger charge is 2.05. The summed E-state index contributed by atoms with van der Waals surface area (Å²) in [5, 5.41) is 18.2. The summed E-state index contributed by atoms with van der Waals surface area (Å²) < 4.78 is 0. The molecule has 1 heterocycles. The maximum Gasteiger partial charge on any atom is 0.0725 e. The van der Waals surface area contributed by atoms with Crippen molar-refractivity contribution in [2.24, 2.45) is 0 Å². The van der Waals surface area contributed by atoms with Crippen LogP contribution in [-0.4, -0.2) is 15.4 Å². The van der Waals surface area contributed by atoms with Gasteiger partial charge in [-0.1, -0.05) is 12.1 Å². The molecule has 1 N–H and O–H groups in total. The minimum atomic E-state index is 0.208. The van der Waals surface area contributed by atoms with E-state index in [-0.39, 0.29) is 5.92 Å². The van der Waals surface area contributed by atoms with Crippen LogP contribution >= 0.6 is 0 Å². The van der Waals surface area contributed by atoms with Gasteiger partial charge in [-0.05, 0) is 0 Å². The topological polar surface area (TPSA) is 65.4 Å². The number of hydrogen-bond acceptors (Lipinski definition) is 3. The Labute approximate surface area is 58.9 Å². The Balaban J connectivity index is 2.61. The van der Waals surface area contributed by atoms with E-state index in [1.54, 1.807) is 6.20 Å². The average Bonchev–Trinajstić information content (AvgIpc) is 2.38. The summed E-state index contributed by atoms with van der Waals surface area (Å²) in [6.07, 6.45) is 2.14. The Morgan fingerprint density at radius 2 is 2.70 bits per heavy atom. The molecule has 0 bridgehead atoms. The lowest BCUT2D eigenvalue weighted by Crippen LogP contribution is -1.91. The lowest BCUT2D eigenvalue weighted by molar-refractivity contribution is 0.747. The van der Waals surface area contributed by atoms with Crippen molar-refractivity contribution in [2.75, 3.05) is 0 Å². The zero-order valence-electron chi connectivity index (χ0n) is 5.70. The maximum atomic E-state index is 8.33. The molecule has 1 rings (SSSR count). The lowest BCUT2D eigenvalue weighted by atomic mass is 10.1. The quantitative estimate of drug-likeness (QED) is 0.654. The lowest BCUT2D eigenvalue weighted by Gasteiger charge is -1.99. The average molecular weight is 136 g/mol. The highest BCUT2D eigenvalue weighted by Crippen LogP contribution is 2.12. The van der Waals surface area contributed by atoms with Gasteiger partial charge in [0.15, 0.2) is 0 Å². The molecule has 0 saturated heterocycles. The molecule has 0 aliphatic rings. The number of nitriles is 1. The molecule has 4 heteroatoms. The Bertz CT molecular complexity index is 220. The second-order valence-corrected chi connectivity index (χ2v) is 2.18. The summed E-state index contributed by atoms with van der Waals surface area (Å²) in [5.41, 5.74) is 0.918. The number of hydrogen-bond donors (Lipinski definition) is 1. The summed E-state index contributed by atoms with van der Waals surface area (Å²) in [7, 11) is 0. The van der Waals surface area contributed by atoms with E-state index in [2.05, 4.69) is 21.5 Å². The van der Waals surface area contributed by atoms with Crippen LogP contribution in [0.1, 0.15) is 25.0 Å². The first-order valence-corrected chi connectivity index (χ1v) is 3.07. The molecule has 52 valence electrons. The monoisotopic (exact) mass is 136 g/mol. The SMILES string of the molecule is C[C@H](CC#N)c1cnn[nH]1. The Morgan fingerprint density at radius 3 is 3.20 bits per heavy atom. The fraction of sp³-hybridized carbons (Fsp3) is 0.500. The molecule has 0 spiro atoms. The van der Waals surface area contributed by atoms with Gasteiger partial charge in [-0.25, -0.2) is 0 Å². The normalized spacial score (nSPS) is 12.4. The van der Waals surface area contributed by atoms with Crippen molar-refractivity contribution in [3.8, 4) is 6.07 Å². The minimum absolute atomic E-state index is 0.208. The van der Waals surface area contributed by atoms with Crippen LogP contribution in [0.25, 0.3) is 0 Å². The fourth-order valence-electron chi connectivity index (χ4n) is 0.691. The first-order valence-electron chi connectivity index (χ1n) is 3.07. The van der Waals surface area contributed by atoms with Crippen LogP contribution < -0.4 is 0 Å². The van der Waals surface area contributed by atoms with Crippen molar-refractivity contribution < 1.29 is 0 Å². The first kappa shape index (κ1) is 6.75. The van der Waals surface area contributed by atoms with Gasteiger partial charge in [0, 0.05) is 12.3 Å². The van der Waals surface area contributed by atoms with Crippen LogP contribution in [0.2, 0.25) is 0 Å². The molecule has 0 saturated carbocycles. The molecule has 1 atom stereocenters. The van der Waals surface area contributed by atoms with Crippen molar-refractivity contribution in [3.05, 3.63) is 11.9 Å². The molecular weight excluding hydrogens is 128 g/mol. The standard InChI is InChI=1S/C6H8N4/c1-5(2-3-7)6-4-8-10-9-6/h4-5H,2H2,1H3,(H,8,9,10)/t5-/m1/s1. The van der Waals surface area contributed by atoms with Crippen LogP contribution in [0.5, 0.6) is 0 Å². The number of H-pyrrole nitrogens is 1. The predicted octanol–water partition coefficient (Wildman–Crippen LogP) is 0.822. The van der Waals surface area contributed by atoms with Gasteiger partial charge >= 0.3 is 0 Å². The van der Waals surface area contributed by atoms with E-state index in [4.69, 9.17) is 5.26 Å². The van der Waals surface area contributed by atoms with Gasteiger partial charge in [-0.2, -0.15) is 5.26 Å². The number of nitrogens with zero attached hydrogens (tertiary/aromatic N) is 3. The van der Waals surface area contributed by atoms with Gasteiger partial charge in [-0.15, -0.1) is 5.10 Å². The molecule has 1 aromatic heterocycles. The van der Waals surface area contributed by atoms with E-state index in [0.717, 1.165) is 5.69 Å². The third kappa shape index (κ3) is 1.32. The van der Waals surface area contributed by atoms with Gasteiger partial charge in [0.1, 0.15) is 0 Å². The molecule has 4 nitrogen and oxygen atoms in total. The molecular formula is C6H8N4. The largest absolute Gasteiger partial charge is 0.262 e. The van der Waals surface area contributed by atoms with E-state index in [9.17, 15) is 0 Å². The van der Waals surface area contributed by atoms with Crippen molar-refractivity contribution in [1.82, 2.24) is 15.4 Å². The highest BCUT2D eigenvalue weighted by atomic mass is 15.3. The number of aromatic amines is 1.